The molecule has 0 saturated heterocycles. The van der Waals surface area contributed by atoms with Crippen molar-refractivity contribution in [1.29, 1.82) is 0 Å². The van der Waals surface area contributed by atoms with Crippen LogP contribution in [0.25, 0.3) is 0 Å². The van der Waals surface area contributed by atoms with Crippen LogP contribution in [0.1, 0.15) is 23.1 Å². The van der Waals surface area contributed by atoms with Gasteiger partial charge in [0.25, 0.3) is 0 Å². The number of hydrogen-bond acceptors (Lipinski definition) is 4. The van der Waals surface area contributed by atoms with Gasteiger partial charge in [0.2, 0.25) is 10.0 Å². The maximum atomic E-state index is 12.6. The smallest absolute Gasteiger partial charge is 0.240 e. The Bertz CT molecular complexity index is 831. The minimum absolute atomic E-state index is 0.295. The first kappa shape index (κ1) is 19.3. The van der Waals surface area contributed by atoms with Crippen molar-refractivity contribution in [3.05, 3.63) is 53.1 Å². The first-order valence-electron chi connectivity index (χ1n) is 8.16. The van der Waals surface area contributed by atoms with Crippen molar-refractivity contribution in [3.63, 3.8) is 0 Å². The summed E-state index contributed by atoms with van der Waals surface area (Å²) in [4.78, 5) is 0.295. The third-order valence-corrected chi connectivity index (χ3v) is 5.91. The molecule has 5 nitrogen and oxygen atoms in total. The predicted molar refractivity (Wildman–Crippen MR) is 99.0 cm³/mol. The van der Waals surface area contributed by atoms with Crippen molar-refractivity contribution in [2.45, 2.75) is 31.6 Å². The Kier molecular flexibility index (Phi) is 6.45. The SMILES string of the molecule is COc1ccccc1CCCNS(=O)(=O)c1ccc(OC)c(C)c1C. The molecule has 0 saturated carbocycles. The van der Waals surface area contributed by atoms with E-state index >= 15 is 0 Å². The van der Waals surface area contributed by atoms with Crippen LogP contribution in [0.5, 0.6) is 11.5 Å². The zero-order valence-corrected chi connectivity index (χ0v) is 15.9. The van der Waals surface area contributed by atoms with Gasteiger partial charge in [-0.05, 0) is 61.6 Å². The normalized spacial score (nSPS) is 11.4. The van der Waals surface area contributed by atoms with Crippen LogP contribution in [0.2, 0.25) is 0 Å². The number of methoxy groups -OCH3 is 2. The summed E-state index contributed by atoms with van der Waals surface area (Å²) in [6.45, 7) is 4.01. The molecule has 0 unspecified atom stereocenters. The van der Waals surface area contributed by atoms with E-state index in [2.05, 4.69) is 4.72 Å². The van der Waals surface area contributed by atoms with Gasteiger partial charge in [-0.15, -0.1) is 0 Å². The van der Waals surface area contributed by atoms with Crippen molar-refractivity contribution in [2.24, 2.45) is 0 Å². The zero-order valence-electron chi connectivity index (χ0n) is 15.1. The van der Waals surface area contributed by atoms with E-state index in [1.54, 1.807) is 33.3 Å². The van der Waals surface area contributed by atoms with Gasteiger partial charge >= 0.3 is 0 Å². The van der Waals surface area contributed by atoms with Crippen LogP contribution in [0, 0.1) is 13.8 Å². The highest BCUT2D eigenvalue weighted by Crippen LogP contribution is 2.26. The molecule has 1 N–H and O–H groups in total. The Balaban J connectivity index is 2.02. The van der Waals surface area contributed by atoms with Gasteiger partial charge in [0, 0.05) is 6.54 Å². The maximum absolute atomic E-state index is 12.6. The topological polar surface area (TPSA) is 64.6 Å². The Morgan fingerprint density at radius 2 is 1.60 bits per heavy atom. The molecular formula is C19H25NO4S. The molecule has 0 aliphatic rings. The van der Waals surface area contributed by atoms with Gasteiger partial charge in [-0.2, -0.15) is 0 Å². The number of aryl methyl sites for hydroxylation is 1. The van der Waals surface area contributed by atoms with Crippen LogP contribution in [-0.2, 0) is 16.4 Å². The average Bonchev–Trinajstić information content (AvgIpc) is 2.61. The number of sulfonamides is 1. The second-order valence-electron chi connectivity index (χ2n) is 5.83. The van der Waals surface area contributed by atoms with Crippen LogP contribution in [-0.4, -0.2) is 29.2 Å². The van der Waals surface area contributed by atoms with E-state index in [-0.39, 0.29) is 0 Å². The van der Waals surface area contributed by atoms with Crippen molar-refractivity contribution in [2.75, 3.05) is 20.8 Å². The van der Waals surface area contributed by atoms with Crippen LogP contribution in [0.3, 0.4) is 0 Å². The van der Waals surface area contributed by atoms with Crippen LogP contribution >= 0.6 is 0 Å². The highest BCUT2D eigenvalue weighted by molar-refractivity contribution is 7.89. The van der Waals surface area contributed by atoms with Gasteiger partial charge in [0.05, 0.1) is 19.1 Å². The minimum Gasteiger partial charge on any atom is -0.496 e. The second kappa shape index (κ2) is 8.36. The lowest BCUT2D eigenvalue weighted by atomic mass is 10.1. The monoisotopic (exact) mass is 363 g/mol. The Hall–Kier alpha value is -2.05. The standard InChI is InChI=1S/C19H25NO4S/c1-14-15(2)19(12-11-17(14)23-3)25(21,22)20-13-7-9-16-8-5-6-10-18(16)24-4/h5-6,8,10-12,20H,7,9,13H2,1-4H3. The summed E-state index contributed by atoms with van der Waals surface area (Å²) in [7, 11) is -0.335. The summed E-state index contributed by atoms with van der Waals surface area (Å²) < 4.78 is 38.4. The fourth-order valence-electron chi connectivity index (χ4n) is 2.76. The fraction of sp³-hybridized carbons (Fsp3) is 0.368. The summed E-state index contributed by atoms with van der Waals surface area (Å²) >= 11 is 0. The maximum Gasteiger partial charge on any atom is 0.240 e. The largest absolute Gasteiger partial charge is 0.496 e. The molecule has 0 aliphatic carbocycles. The fourth-order valence-corrected chi connectivity index (χ4v) is 4.13. The van der Waals surface area contributed by atoms with E-state index in [1.807, 2.05) is 31.2 Å². The van der Waals surface area contributed by atoms with Crippen molar-refractivity contribution < 1.29 is 17.9 Å². The lowest BCUT2D eigenvalue weighted by Crippen LogP contribution is -2.26. The third-order valence-electron chi connectivity index (χ3n) is 4.30. The molecule has 136 valence electrons. The number of rotatable bonds is 8. The zero-order chi connectivity index (χ0) is 18.4. The molecule has 25 heavy (non-hydrogen) atoms. The lowest BCUT2D eigenvalue weighted by Gasteiger charge is -2.14. The molecule has 2 aromatic rings. The van der Waals surface area contributed by atoms with Crippen LogP contribution in [0.4, 0.5) is 0 Å². The van der Waals surface area contributed by atoms with Gasteiger partial charge in [-0.1, -0.05) is 18.2 Å². The minimum atomic E-state index is -3.55. The van der Waals surface area contributed by atoms with E-state index in [1.165, 1.54) is 0 Å². The Morgan fingerprint density at radius 3 is 2.28 bits per heavy atom. The summed E-state index contributed by atoms with van der Waals surface area (Å²) in [5.74, 6) is 1.51. The molecule has 0 spiro atoms. The molecule has 0 amide bonds. The highest BCUT2D eigenvalue weighted by atomic mass is 32.2. The molecule has 0 aliphatic heterocycles. The van der Waals surface area contributed by atoms with Gasteiger partial charge in [-0.25, -0.2) is 13.1 Å². The van der Waals surface area contributed by atoms with E-state index in [0.29, 0.717) is 29.2 Å². The van der Waals surface area contributed by atoms with Gasteiger partial charge < -0.3 is 9.47 Å². The number of ether oxygens (including phenoxy) is 2. The van der Waals surface area contributed by atoms with Gasteiger partial charge in [-0.3, -0.25) is 0 Å². The molecule has 0 radical (unpaired) electrons. The molecule has 0 fully saturated rings. The molecular weight excluding hydrogens is 338 g/mol. The molecule has 6 heteroatoms. The molecule has 2 rings (SSSR count). The second-order valence-corrected chi connectivity index (χ2v) is 7.56. The molecule has 0 aromatic heterocycles. The summed E-state index contributed by atoms with van der Waals surface area (Å²) in [5.41, 5.74) is 2.61. The summed E-state index contributed by atoms with van der Waals surface area (Å²) in [6.07, 6.45) is 1.43. The summed E-state index contributed by atoms with van der Waals surface area (Å²) in [5, 5.41) is 0. The van der Waals surface area contributed by atoms with Crippen LogP contribution < -0.4 is 14.2 Å². The van der Waals surface area contributed by atoms with E-state index in [0.717, 1.165) is 23.3 Å². The first-order valence-corrected chi connectivity index (χ1v) is 9.64. The quantitative estimate of drug-likeness (QED) is 0.732. The number of hydrogen-bond donors (Lipinski definition) is 1. The predicted octanol–water partition coefficient (Wildman–Crippen LogP) is 3.23. The van der Waals surface area contributed by atoms with E-state index in [9.17, 15) is 8.42 Å². The molecule has 0 atom stereocenters. The number of para-hydroxylation sites is 1. The third kappa shape index (κ3) is 4.52. The lowest BCUT2D eigenvalue weighted by molar-refractivity contribution is 0.409. The van der Waals surface area contributed by atoms with Gasteiger partial charge in [0.15, 0.2) is 0 Å². The molecule has 0 bridgehead atoms. The van der Waals surface area contributed by atoms with Gasteiger partial charge in [0.1, 0.15) is 11.5 Å². The Labute approximate surface area is 150 Å². The number of nitrogens with one attached hydrogen (secondary N) is 1. The van der Waals surface area contributed by atoms with E-state index < -0.39 is 10.0 Å². The van der Waals surface area contributed by atoms with Crippen molar-refractivity contribution >= 4 is 10.0 Å². The first-order chi connectivity index (χ1) is 11.9. The van der Waals surface area contributed by atoms with Crippen molar-refractivity contribution in [3.8, 4) is 11.5 Å². The average molecular weight is 363 g/mol. The van der Waals surface area contributed by atoms with Crippen molar-refractivity contribution in [1.82, 2.24) is 4.72 Å². The number of benzene rings is 2. The van der Waals surface area contributed by atoms with E-state index in [4.69, 9.17) is 9.47 Å². The summed E-state index contributed by atoms with van der Waals surface area (Å²) in [6, 6.07) is 11.0. The molecule has 2 aromatic carbocycles. The Morgan fingerprint density at radius 1 is 0.920 bits per heavy atom. The highest BCUT2D eigenvalue weighted by Gasteiger charge is 2.19. The molecule has 0 heterocycles. The van der Waals surface area contributed by atoms with Crippen LogP contribution in [0.15, 0.2) is 41.3 Å².